The third-order valence-corrected chi connectivity index (χ3v) is 3.65. The van der Waals surface area contributed by atoms with Crippen LogP contribution in [-0.4, -0.2) is 43.7 Å². The lowest BCUT2D eigenvalue weighted by Crippen LogP contribution is -2.38. The van der Waals surface area contributed by atoms with Crippen molar-refractivity contribution in [2.45, 2.75) is 33.1 Å². The van der Waals surface area contributed by atoms with E-state index in [-0.39, 0.29) is 5.97 Å². The SMILES string of the molecule is CCOC(=O)CCCNC(=NC)NCCc1ncc(C)s1. The normalized spacial score (nSPS) is 11.3. The molecule has 0 aromatic carbocycles. The third kappa shape index (κ3) is 7.65. The summed E-state index contributed by atoms with van der Waals surface area (Å²) in [5.41, 5.74) is 0. The first-order chi connectivity index (χ1) is 10.2. The number of nitrogens with zero attached hydrogens (tertiary/aromatic N) is 2. The average Bonchev–Trinajstić information content (AvgIpc) is 2.87. The van der Waals surface area contributed by atoms with Crippen molar-refractivity contribution >= 4 is 23.3 Å². The Balaban J connectivity index is 2.13. The Morgan fingerprint density at radius 1 is 1.43 bits per heavy atom. The molecule has 1 aromatic heterocycles. The van der Waals surface area contributed by atoms with Crippen LogP contribution in [0.15, 0.2) is 11.2 Å². The van der Waals surface area contributed by atoms with E-state index in [0.29, 0.717) is 19.6 Å². The Bertz CT molecular complexity index is 460. The van der Waals surface area contributed by atoms with Crippen molar-refractivity contribution in [2.24, 2.45) is 4.99 Å². The second-order valence-corrected chi connectivity index (χ2v) is 5.77. The molecule has 0 unspecified atom stereocenters. The molecule has 0 bridgehead atoms. The summed E-state index contributed by atoms with van der Waals surface area (Å²) in [5.74, 6) is 0.591. The molecule has 0 radical (unpaired) electrons. The molecule has 0 fully saturated rings. The highest BCUT2D eigenvalue weighted by Crippen LogP contribution is 2.10. The van der Waals surface area contributed by atoms with Gasteiger partial charge in [-0.05, 0) is 20.3 Å². The second-order valence-electron chi connectivity index (χ2n) is 4.45. The fourth-order valence-electron chi connectivity index (χ4n) is 1.70. The van der Waals surface area contributed by atoms with Crippen LogP contribution in [0.3, 0.4) is 0 Å². The fourth-order valence-corrected chi connectivity index (χ4v) is 2.48. The van der Waals surface area contributed by atoms with Gasteiger partial charge < -0.3 is 15.4 Å². The van der Waals surface area contributed by atoms with Crippen LogP contribution in [0, 0.1) is 6.92 Å². The summed E-state index contributed by atoms with van der Waals surface area (Å²) in [4.78, 5) is 20.9. The lowest BCUT2D eigenvalue weighted by Gasteiger charge is -2.11. The molecule has 0 amide bonds. The standard InChI is InChI=1S/C14H24N4O2S/c1-4-20-13(19)6-5-8-16-14(15-3)17-9-7-12-18-10-11(2)21-12/h10H,4-9H2,1-3H3,(H2,15,16,17). The Morgan fingerprint density at radius 3 is 2.81 bits per heavy atom. The minimum atomic E-state index is -0.151. The van der Waals surface area contributed by atoms with E-state index in [9.17, 15) is 4.79 Å². The molecular weight excluding hydrogens is 288 g/mol. The molecule has 0 aliphatic rings. The highest BCUT2D eigenvalue weighted by Gasteiger charge is 2.03. The van der Waals surface area contributed by atoms with Crippen LogP contribution in [0.1, 0.15) is 29.7 Å². The van der Waals surface area contributed by atoms with Crippen LogP contribution in [0.4, 0.5) is 0 Å². The van der Waals surface area contributed by atoms with E-state index in [1.165, 1.54) is 4.88 Å². The van der Waals surface area contributed by atoms with E-state index in [0.717, 1.165) is 30.4 Å². The summed E-state index contributed by atoms with van der Waals surface area (Å²) in [5, 5.41) is 7.53. The summed E-state index contributed by atoms with van der Waals surface area (Å²) in [6.45, 7) is 5.77. The zero-order chi connectivity index (χ0) is 15.5. The maximum Gasteiger partial charge on any atom is 0.305 e. The van der Waals surface area contributed by atoms with Gasteiger partial charge >= 0.3 is 5.97 Å². The molecule has 0 saturated carbocycles. The van der Waals surface area contributed by atoms with Crippen molar-refractivity contribution < 1.29 is 9.53 Å². The van der Waals surface area contributed by atoms with Crippen molar-refractivity contribution in [2.75, 3.05) is 26.7 Å². The second kappa shape index (κ2) is 10.1. The molecule has 1 aromatic rings. The molecule has 6 nitrogen and oxygen atoms in total. The van der Waals surface area contributed by atoms with E-state index in [1.54, 1.807) is 18.4 Å². The number of rotatable bonds is 8. The van der Waals surface area contributed by atoms with Gasteiger partial charge in [0, 0.05) is 44.1 Å². The number of esters is 1. The third-order valence-electron chi connectivity index (χ3n) is 2.68. The quantitative estimate of drug-likeness (QED) is 0.329. The molecule has 21 heavy (non-hydrogen) atoms. The number of aromatic nitrogens is 1. The average molecular weight is 312 g/mol. The summed E-state index contributed by atoms with van der Waals surface area (Å²) in [6, 6.07) is 0. The van der Waals surface area contributed by atoms with Gasteiger partial charge in [0.05, 0.1) is 11.6 Å². The number of carbonyl (C=O) groups is 1. The smallest absolute Gasteiger partial charge is 0.305 e. The van der Waals surface area contributed by atoms with Gasteiger partial charge in [0.1, 0.15) is 0 Å². The molecule has 0 saturated heterocycles. The van der Waals surface area contributed by atoms with E-state index in [4.69, 9.17) is 4.74 Å². The Labute approximate surface area is 130 Å². The van der Waals surface area contributed by atoms with Crippen LogP contribution in [0.2, 0.25) is 0 Å². The summed E-state index contributed by atoms with van der Waals surface area (Å²) in [7, 11) is 1.73. The lowest BCUT2D eigenvalue weighted by atomic mass is 10.3. The minimum absolute atomic E-state index is 0.151. The molecule has 0 aliphatic heterocycles. The van der Waals surface area contributed by atoms with Gasteiger partial charge in [0.2, 0.25) is 0 Å². The van der Waals surface area contributed by atoms with Gasteiger partial charge in [-0.25, -0.2) is 4.98 Å². The number of hydrogen-bond donors (Lipinski definition) is 2. The number of thiazole rings is 1. The zero-order valence-electron chi connectivity index (χ0n) is 12.9. The van der Waals surface area contributed by atoms with E-state index in [2.05, 4.69) is 27.5 Å². The minimum Gasteiger partial charge on any atom is -0.466 e. The predicted octanol–water partition coefficient (Wildman–Crippen LogP) is 1.50. The first kappa shape index (κ1) is 17.4. The number of nitrogens with one attached hydrogen (secondary N) is 2. The van der Waals surface area contributed by atoms with Crippen molar-refractivity contribution in [3.8, 4) is 0 Å². The van der Waals surface area contributed by atoms with Gasteiger partial charge in [-0.1, -0.05) is 0 Å². The van der Waals surface area contributed by atoms with Crippen molar-refractivity contribution in [3.05, 3.63) is 16.1 Å². The first-order valence-electron chi connectivity index (χ1n) is 7.17. The molecule has 1 rings (SSSR count). The van der Waals surface area contributed by atoms with E-state index < -0.39 is 0 Å². The molecule has 0 spiro atoms. The van der Waals surface area contributed by atoms with Crippen LogP contribution in [0.25, 0.3) is 0 Å². The highest BCUT2D eigenvalue weighted by atomic mass is 32.1. The highest BCUT2D eigenvalue weighted by molar-refractivity contribution is 7.11. The first-order valence-corrected chi connectivity index (χ1v) is 7.98. The van der Waals surface area contributed by atoms with Gasteiger partial charge in [-0.2, -0.15) is 0 Å². The summed E-state index contributed by atoms with van der Waals surface area (Å²) in [6.07, 6.45) is 3.92. The zero-order valence-corrected chi connectivity index (χ0v) is 13.8. The predicted molar refractivity (Wildman–Crippen MR) is 85.8 cm³/mol. The maximum absolute atomic E-state index is 11.2. The van der Waals surface area contributed by atoms with Crippen molar-refractivity contribution in [1.29, 1.82) is 0 Å². The van der Waals surface area contributed by atoms with Crippen molar-refractivity contribution in [1.82, 2.24) is 15.6 Å². The number of hydrogen-bond acceptors (Lipinski definition) is 5. The number of ether oxygens (including phenoxy) is 1. The lowest BCUT2D eigenvalue weighted by molar-refractivity contribution is -0.143. The number of guanidine groups is 1. The van der Waals surface area contributed by atoms with Gasteiger partial charge in [-0.3, -0.25) is 9.79 Å². The van der Waals surface area contributed by atoms with E-state index in [1.807, 2.05) is 13.1 Å². The Morgan fingerprint density at radius 2 is 2.19 bits per heavy atom. The Hall–Kier alpha value is -1.63. The number of carbonyl (C=O) groups excluding carboxylic acids is 1. The Kier molecular flexibility index (Phi) is 8.42. The monoisotopic (exact) mass is 312 g/mol. The molecular formula is C14H24N4O2S. The molecule has 118 valence electrons. The molecule has 0 aliphatic carbocycles. The molecule has 7 heteroatoms. The van der Waals surface area contributed by atoms with Crippen LogP contribution in [-0.2, 0) is 16.0 Å². The summed E-state index contributed by atoms with van der Waals surface area (Å²) < 4.78 is 4.87. The largest absolute Gasteiger partial charge is 0.466 e. The molecule has 0 atom stereocenters. The van der Waals surface area contributed by atoms with Gasteiger partial charge in [-0.15, -0.1) is 11.3 Å². The van der Waals surface area contributed by atoms with E-state index >= 15 is 0 Å². The number of aliphatic imine (C=N–C) groups is 1. The van der Waals surface area contributed by atoms with Crippen LogP contribution >= 0.6 is 11.3 Å². The topological polar surface area (TPSA) is 75.6 Å². The van der Waals surface area contributed by atoms with Crippen molar-refractivity contribution in [3.63, 3.8) is 0 Å². The van der Waals surface area contributed by atoms with Crippen LogP contribution in [0.5, 0.6) is 0 Å². The summed E-state index contributed by atoms with van der Waals surface area (Å²) >= 11 is 1.71. The van der Waals surface area contributed by atoms with Gasteiger partial charge in [0.15, 0.2) is 5.96 Å². The fraction of sp³-hybridized carbons (Fsp3) is 0.643. The molecule has 2 N–H and O–H groups in total. The van der Waals surface area contributed by atoms with Gasteiger partial charge in [0.25, 0.3) is 0 Å². The van der Waals surface area contributed by atoms with Crippen LogP contribution < -0.4 is 10.6 Å². The molecule has 1 heterocycles. The maximum atomic E-state index is 11.2. The number of aryl methyl sites for hydroxylation is 1.